The van der Waals surface area contributed by atoms with Crippen molar-refractivity contribution in [3.05, 3.63) is 70.2 Å². The Morgan fingerprint density at radius 1 is 1.17 bits per heavy atom. The van der Waals surface area contributed by atoms with Crippen LogP contribution in [0, 0.1) is 0 Å². The summed E-state index contributed by atoms with van der Waals surface area (Å²) >= 11 is 3.44. The van der Waals surface area contributed by atoms with E-state index in [-0.39, 0.29) is 12.1 Å². The molecule has 2 aromatic rings. The maximum absolute atomic E-state index is 13.0. The molecule has 0 aliphatic carbocycles. The topological polar surface area (TPSA) is 75.7 Å². The fraction of sp³-hybridized carbons (Fsp3) is 0.409. The summed E-state index contributed by atoms with van der Waals surface area (Å²) in [5.74, 6) is 0. The van der Waals surface area contributed by atoms with Gasteiger partial charge in [-0.05, 0) is 43.0 Å². The first-order valence-corrected chi connectivity index (χ1v) is 12.6. The number of nitrogens with one attached hydrogen (secondary N) is 1. The minimum atomic E-state index is -3.25. The molecule has 1 aliphatic heterocycles. The van der Waals surface area contributed by atoms with Gasteiger partial charge in [-0.15, -0.1) is 0 Å². The molecule has 0 radical (unpaired) electrons. The number of rotatable bonds is 8. The highest BCUT2D eigenvalue weighted by molar-refractivity contribution is 9.10. The van der Waals surface area contributed by atoms with Crippen LogP contribution in [-0.4, -0.2) is 38.8 Å². The summed E-state index contributed by atoms with van der Waals surface area (Å²) in [7, 11) is -3.25. The molecule has 6 nitrogen and oxygen atoms in total. The number of carbonyl (C=O) groups is 1. The van der Waals surface area contributed by atoms with Gasteiger partial charge < -0.3 is 9.64 Å². The molecule has 1 saturated heterocycles. The van der Waals surface area contributed by atoms with Gasteiger partial charge in [0.2, 0.25) is 10.0 Å². The number of sulfonamides is 1. The van der Waals surface area contributed by atoms with Crippen LogP contribution in [0.4, 0.5) is 4.79 Å². The Labute approximate surface area is 186 Å². The average Bonchev–Trinajstić information content (AvgIpc) is 2.71. The number of nitrogens with zero attached hydrogens (tertiary/aromatic N) is 1. The Kier molecular flexibility index (Phi) is 7.21. The monoisotopic (exact) mass is 494 g/mol. The number of cyclic esters (lactones) is 1. The van der Waals surface area contributed by atoms with Gasteiger partial charge in [0.15, 0.2) is 0 Å². The number of benzene rings is 2. The van der Waals surface area contributed by atoms with E-state index >= 15 is 0 Å². The lowest BCUT2D eigenvalue weighted by Crippen LogP contribution is -2.49. The second-order valence-corrected chi connectivity index (χ2v) is 10.4. The summed E-state index contributed by atoms with van der Waals surface area (Å²) in [6, 6.07) is 17.5. The van der Waals surface area contributed by atoms with E-state index in [0.717, 1.165) is 21.9 Å². The lowest BCUT2D eigenvalue weighted by atomic mass is 9.84. The molecule has 0 saturated carbocycles. The molecule has 0 bridgehead atoms. The highest BCUT2D eigenvalue weighted by atomic mass is 79.9. The quantitative estimate of drug-likeness (QED) is 0.545. The standard InChI is InChI=1S/C22H27BrN2O4S/c1-17(18-9-11-20(23)12-10-18)25-16-14-22(29-21(25)26,19-7-4-3-5-8-19)13-6-15-24-30(2,27)28/h3-5,7-12,17,24H,6,13-16H2,1-2H3/t17-,22+/m0/s1. The summed E-state index contributed by atoms with van der Waals surface area (Å²) in [5, 5.41) is 0. The Morgan fingerprint density at radius 2 is 1.83 bits per heavy atom. The zero-order valence-electron chi connectivity index (χ0n) is 17.2. The predicted octanol–water partition coefficient (Wildman–Crippen LogP) is 4.58. The molecule has 0 aromatic heterocycles. The van der Waals surface area contributed by atoms with E-state index in [1.54, 1.807) is 4.90 Å². The van der Waals surface area contributed by atoms with Gasteiger partial charge in [-0.3, -0.25) is 0 Å². The smallest absolute Gasteiger partial charge is 0.411 e. The fourth-order valence-electron chi connectivity index (χ4n) is 3.84. The van der Waals surface area contributed by atoms with E-state index in [4.69, 9.17) is 4.74 Å². The fourth-order valence-corrected chi connectivity index (χ4v) is 4.62. The normalized spacial score (nSPS) is 20.6. The van der Waals surface area contributed by atoms with E-state index in [1.807, 2.05) is 61.5 Å². The highest BCUT2D eigenvalue weighted by Gasteiger charge is 2.43. The molecular formula is C22H27BrN2O4S. The minimum Gasteiger partial charge on any atom is -0.438 e. The second-order valence-electron chi connectivity index (χ2n) is 7.67. The van der Waals surface area contributed by atoms with Crippen molar-refractivity contribution >= 4 is 32.0 Å². The van der Waals surface area contributed by atoms with Crippen LogP contribution in [0.15, 0.2) is 59.1 Å². The van der Waals surface area contributed by atoms with Crippen molar-refractivity contribution in [3.8, 4) is 0 Å². The van der Waals surface area contributed by atoms with Gasteiger partial charge in [0.05, 0.1) is 12.3 Å². The maximum Gasteiger partial charge on any atom is 0.411 e. The van der Waals surface area contributed by atoms with Crippen LogP contribution in [0.1, 0.15) is 43.4 Å². The molecule has 30 heavy (non-hydrogen) atoms. The van der Waals surface area contributed by atoms with Crippen LogP contribution in [0.3, 0.4) is 0 Å². The number of carbonyl (C=O) groups excluding carboxylic acids is 1. The van der Waals surface area contributed by atoms with E-state index in [9.17, 15) is 13.2 Å². The molecule has 0 spiro atoms. The number of hydrogen-bond donors (Lipinski definition) is 1. The third-order valence-electron chi connectivity index (χ3n) is 5.52. The number of ether oxygens (including phenoxy) is 1. The van der Waals surface area contributed by atoms with Gasteiger partial charge in [0, 0.05) is 24.0 Å². The van der Waals surface area contributed by atoms with Crippen molar-refractivity contribution in [3.63, 3.8) is 0 Å². The van der Waals surface area contributed by atoms with Crippen LogP contribution < -0.4 is 4.72 Å². The van der Waals surface area contributed by atoms with Gasteiger partial charge in [-0.1, -0.05) is 58.4 Å². The van der Waals surface area contributed by atoms with Gasteiger partial charge in [-0.2, -0.15) is 0 Å². The van der Waals surface area contributed by atoms with Crippen LogP contribution in [-0.2, 0) is 20.4 Å². The molecule has 2 atom stereocenters. The van der Waals surface area contributed by atoms with Crippen molar-refractivity contribution < 1.29 is 17.9 Å². The zero-order valence-corrected chi connectivity index (χ0v) is 19.6. The number of amides is 1. The Balaban J connectivity index is 1.75. The number of halogens is 1. The van der Waals surface area contributed by atoms with Gasteiger partial charge >= 0.3 is 6.09 Å². The first kappa shape index (κ1) is 22.8. The average molecular weight is 495 g/mol. The summed E-state index contributed by atoms with van der Waals surface area (Å²) in [5.41, 5.74) is 1.22. The van der Waals surface area contributed by atoms with Crippen molar-refractivity contribution in [2.75, 3.05) is 19.3 Å². The summed E-state index contributed by atoms with van der Waals surface area (Å²) < 4.78 is 32.3. The van der Waals surface area contributed by atoms with Gasteiger partial charge in [-0.25, -0.2) is 17.9 Å². The highest BCUT2D eigenvalue weighted by Crippen LogP contribution is 2.40. The van der Waals surface area contributed by atoms with E-state index < -0.39 is 15.6 Å². The van der Waals surface area contributed by atoms with Crippen molar-refractivity contribution in [2.45, 2.75) is 37.8 Å². The predicted molar refractivity (Wildman–Crippen MR) is 121 cm³/mol. The largest absolute Gasteiger partial charge is 0.438 e. The van der Waals surface area contributed by atoms with Crippen LogP contribution in [0.25, 0.3) is 0 Å². The first-order chi connectivity index (χ1) is 14.2. The molecule has 1 heterocycles. The minimum absolute atomic E-state index is 0.105. The summed E-state index contributed by atoms with van der Waals surface area (Å²) in [6.07, 6.45) is 2.55. The Bertz CT molecular complexity index is 966. The third kappa shape index (κ3) is 5.62. The summed E-state index contributed by atoms with van der Waals surface area (Å²) in [4.78, 5) is 14.8. The van der Waals surface area contributed by atoms with Gasteiger partial charge in [0.1, 0.15) is 5.60 Å². The molecule has 8 heteroatoms. The Hall–Kier alpha value is -1.90. The van der Waals surface area contributed by atoms with Crippen molar-refractivity contribution in [1.82, 2.24) is 9.62 Å². The maximum atomic E-state index is 13.0. The molecule has 0 unspecified atom stereocenters. The van der Waals surface area contributed by atoms with Crippen LogP contribution in [0.2, 0.25) is 0 Å². The molecule has 1 amide bonds. The van der Waals surface area contributed by atoms with Crippen molar-refractivity contribution in [1.29, 1.82) is 0 Å². The Morgan fingerprint density at radius 3 is 2.43 bits per heavy atom. The zero-order chi connectivity index (χ0) is 21.8. The molecule has 1 N–H and O–H groups in total. The molecule has 1 aliphatic rings. The van der Waals surface area contributed by atoms with Crippen LogP contribution >= 0.6 is 15.9 Å². The second kappa shape index (κ2) is 9.49. The third-order valence-corrected chi connectivity index (χ3v) is 6.77. The molecule has 3 rings (SSSR count). The van der Waals surface area contributed by atoms with E-state index in [2.05, 4.69) is 20.7 Å². The van der Waals surface area contributed by atoms with Gasteiger partial charge in [0.25, 0.3) is 0 Å². The molecule has 162 valence electrons. The SMILES string of the molecule is C[C@@H](c1ccc(Br)cc1)N1CC[C@](CCCNS(C)(=O)=O)(c2ccccc2)OC1=O. The molecular weight excluding hydrogens is 468 g/mol. The van der Waals surface area contributed by atoms with Crippen molar-refractivity contribution in [2.24, 2.45) is 0 Å². The molecule has 1 fully saturated rings. The van der Waals surface area contributed by atoms with E-state index in [1.165, 1.54) is 0 Å². The first-order valence-electron chi connectivity index (χ1n) is 9.95. The lowest BCUT2D eigenvalue weighted by molar-refractivity contribution is -0.0662. The van der Waals surface area contributed by atoms with E-state index in [0.29, 0.717) is 32.4 Å². The van der Waals surface area contributed by atoms with Crippen LogP contribution in [0.5, 0.6) is 0 Å². The lowest BCUT2D eigenvalue weighted by Gasteiger charge is -2.43. The number of hydrogen-bond acceptors (Lipinski definition) is 4. The summed E-state index contributed by atoms with van der Waals surface area (Å²) in [6.45, 7) is 2.87. The molecule has 2 aromatic carbocycles.